The van der Waals surface area contributed by atoms with Crippen LogP contribution in [0.5, 0.6) is 0 Å². The highest BCUT2D eigenvalue weighted by molar-refractivity contribution is 5.93. The summed E-state index contributed by atoms with van der Waals surface area (Å²) < 4.78 is 0. The van der Waals surface area contributed by atoms with Gasteiger partial charge in [-0.05, 0) is 73.3 Å². The van der Waals surface area contributed by atoms with Crippen LogP contribution in [0, 0.1) is 11.8 Å². The highest BCUT2D eigenvalue weighted by Crippen LogP contribution is 2.45. The molecule has 1 heterocycles. The van der Waals surface area contributed by atoms with Crippen LogP contribution in [0.1, 0.15) is 32.3 Å². The molecule has 3 heteroatoms. The molecule has 2 aliphatic rings. The molecular weight excluding hydrogens is 320 g/mol. The zero-order valence-electron chi connectivity index (χ0n) is 16.2. The Kier molecular flexibility index (Phi) is 5.55. The topological polar surface area (TPSA) is 33.2 Å². The number of hydrogen-bond acceptors (Lipinski definition) is 2. The number of hydrogen-bond donors (Lipinski definition) is 0. The van der Waals surface area contributed by atoms with Crippen LogP contribution >= 0.6 is 0 Å². The average Bonchev–Trinajstić information content (AvgIpc) is 3.43. The van der Waals surface area contributed by atoms with Crippen LogP contribution < -0.4 is 0 Å². The van der Waals surface area contributed by atoms with E-state index in [-0.39, 0.29) is 5.91 Å². The largest absolute Gasteiger partial charge is 0.345 e. The maximum atomic E-state index is 12.3. The van der Waals surface area contributed by atoms with Gasteiger partial charge in [-0.3, -0.25) is 9.78 Å². The third-order valence-corrected chi connectivity index (χ3v) is 5.26. The van der Waals surface area contributed by atoms with Gasteiger partial charge in [-0.15, -0.1) is 0 Å². The molecule has 2 aliphatic carbocycles. The van der Waals surface area contributed by atoms with E-state index in [1.54, 1.807) is 25.2 Å². The van der Waals surface area contributed by atoms with Crippen molar-refractivity contribution < 1.29 is 4.79 Å². The van der Waals surface area contributed by atoms with Crippen molar-refractivity contribution >= 4 is 5.91 Å². The third-order valence-electron chi connectivity index (χ3n) is 5.26. The second kappa shape index (κ2) is 7.86. The number of fused-ring (bicyclic) bond motifs is 1. The average molecular weight is 348 g/mol. The molecule has 1 saturated carbocycles. The first-order valence-corrected chi connectivity index (χ1v) is 9.34. The molecule has 0 radical (unpaired) electrons. The van der Waals surface area contributed by atoms with Crippen LogP contribution in [0.15, 0.2) is 71.1 Å². The number of allylic oxidation sites excluding steroid dienone is 7. The summed E-state index contributed by atoms with van der Waals surface area (Å²) in [5.41, 5.74) is 5.82. The van der Waals surface area contributed by atoms with E-state index in [4.69, 9.17) is 0 Å². The third kappa shape index (κ3) is 4.40. The fourth-order valence-corrected chi connectivity index (χ4v) is 3.47. The molecule has 1 aromatic heterocycles. The van der Waals surface area contributed by atoms with E-state index in [0.29, 0.717) is 0 Å². The van der Waals surface area contributed by atoms with Gasteiger partial charge in [0.2, 0.25) is 5.91 Å². The molecule has 3 nitrogen and oxygen atoms in total. The molecule has 0 aliphatic heterocycles. The van der Waals surface area contributed by atoms with E-state index in [0.717, 1.165) is 30.3 Å². The predicted molar refractivity (Wildman–Crippen MR) is 107 cm³/mol. The van der Waals surface area contributed by atoms with Crippen LogP contribution in [-0.2, 0) is 11.2 Å². The molecule has 2 unspecified atom stereocenters. The van der Waals surface area contributed by atoms with E-state index in [1.807, 2.05) is 19.2 Å². The number of amides is 1. The fourth-order valence-electron chi connectivity index (χ4n) is 3.47. The Morgan fingerprint density at radius 2 is 2.12 bits per heavy atom. The molecule has 0 bridgehead atoms. The normalized spacial score (nSPS) is 22.3. The first-order chi connectivity index (χ1) is 12.5. The molecule has 136 valence electrons. The smallest absolute Gasteiger partial charge is 0.248 e. The lowest BCUT2D eigenvalue weighted by Crippen LogP contribution is -2.22. The molecule has 0 spiro atoms. The SMILES string of the molecule is C/C(=C\C(CCc1cccnc1)=C(/C)C1=CC2CC2C=C1)C(=O)N(C)C. The second-order valence-electron chi connectivity index (χ2n) is 7.58. The number of likely N-dealkylation sites (N-methyl/N-ethyl adjacent to an activating group) is 1. The van der Waals surface area contributed by atoms with Gasteiger partial charge in [0, 0.05) is 32.1 Å². The summed E-state index contributed by atoms with van der Waals surface area (Å²) in [6.07, 6.45) is 15.9. The molecule has 26 heavy (non-hydrogen) atoms. The summed E-state index contributed by atoms with van der Waals surface area (Å²) >= 11 is 0. The Morgan fingerprint density at radius 1 is 1.31 bits per heavy atom. The number of nitrogens with zero attached hydrogens (tertiary/aromatic N) is 2. The van der Waals surface area contributed by atoms with Crippen molar-refractivity contribution in [3.8, 4) is 0 Å². The molecule has 1 amide bonds. The lowest BCUT2D eigenvalue weighted by atomic mass is 9.92. The van der Waals surface area contributed by atoms with Gasteiger partial charge >= 0.3 is 0 Å². The maximum absolute atomic E-state index is 12.3. The number of aryl methyl sites for hydroxylation is 1. The monoisotopic (exact) mass is 348 g/mol. The quantitative estimate of drug-likeness (QED) is 0.560. The maximum Gasteiger partial charge on any atom is 0.248 e. The zero-order chi connectivity index (χ0) is 18.7. The molecule has 0 N–H and O–H groups in total. The van der Waals surface area contributed by atoms with E-state index < -0.39 is 0 Å². The van der Waals surface area contributed by atoms with Gasteiger partial charge in [0.25, 0.3) is 0 Å². The Morgan fingerprint density at radius 3 is 2.77 bits per heavy atom. The number of rotatable bonds is 6. The van der Waals surface area contributed by atoms with Crippen molar-refractivity contribution in [3.63, 3.8) is 0 Å². The Hall–Kier alpha value is -2.42. The summed E-state index contributed by atoms with van der Waals surface area (Å²) in [7, 11) is 3.59. The molecule has 0 aromatic carbocycles. The number of carbonyl (C=O) groups excluding carboxylic acids is 1. The van der Waals surface area contributed by atoms with Crippen molar-refractivity contribution in [2.45, 2.75) is 33.1 Å². The fraction of sp³-hybridized carbons (Fsp3) is 0.391. The van der Waals surface area contributed by atoms with E-state index in [1.165, 1.54) is 28.7 Å². The van der Waals surface area contributed by atoms with Crippen molar-refractivity contribution in [2.75, 3.05) is 14.1 Å². The summed E-state index contributed by atoms with van der Waals surface area (Å²) in [5.74, 6) is 1.54. The molecule has 0 saturated heterocycles. The zero-order valence-corrected chi connectivity index (χ0v) is 16.2. The van der Waals surface area contributed by atoms with E-state index in [9.17, 15) is 4.79 Å². The molecule has 3 rings (SSSR count). The first kappa shape index (κ1) is 18.4. The van der Waals surface area contributed by atoms with Crippen LogP contribution in [0.3, 0.4) is 0 Å². The Balaban J connectivity index is 1.87. The summed E-state index contributed by atoms with van der Waals surface area (Å²) in [6, 6.07) is 4.08. The molecule has 1 fully saturated rings. The van der Waals surface area contributed by atoms with E-state index in [2.05, 4.69) is 42.3 Å². The highest BCUT2D eigenvalue weighted by atomic mass is 16.2. The van der Waals surface area contributed by atoms with Crippen molar-refractivity contribution in [3.05, 3.63) is 76.7 Å². The summed E-state index contributed by atoms with van der Waals surface area (Å²) in [6.45, 7) is 4.09. The number of carbonyl (C=O) groups is 1. The van der Waals surface area contributed by atoms with Crippen LogP contribution in [0.2, 0.25) is 0 Å². The number of aromatic nitrogens is 1. The minimum atomic E-state index is 0.0621. The Bertz CT molecular complexity index is 797. The van der Waals surface area contributed by atoms with Gasteiger partial charge in [0.05, 0.1) is 0 Å². The lowest BCUT2D eigenvalue weighted by Gasteiger charge is -2.15. The van der Waals surface area contributed by atoms with E-state index >= 15 is 0 Å². The van der Waals surface area contributed by atoms with Crippen molar-refractivity contribution in [1.29, 1.82) is 0 Å². The van der Waals surface area contributed by atoms with Crippen molar-refractivity contribution in [1.82, 2.24) is 9.88 Å². The molecular formula is C23H28N2O. The van der Waals surface area contributed by atoms with Crippen LogP contribution in [-0.4, -0.2) is 29.9 Å². The van der Waals surface area contributed by atoms with Gasteiger partial charge in [0.15, 0.2) is 0 Å². The van der Waals surface area contributed by atoms with Gasteiger partial charge < -0.3 is 4.90 Å². The van der Waals surface area contributed by atoms with Crippen molar-refractivity contribution in [2.24, 2.45) is 11.8 Å². The Labute approximate surface area is 156 Å². The minimum Gasteiger partial charge on any atom is -0.345 e. The van der Waals surface area contributed by atoms with Gasteiger partial charge in [-0.2, -0.15) is 0 Å². The predicted octanol–water partition coefficient (Wildman–Crippen LogP) is 4.50. The van der Waals surface area contributed by atoms with Gasteiger partial charge in [-0.1, -0.05) is 30.4 Å². The standard InChI is InChI=1S/C23H28N2O/c1-16(23(26)25(3)4)12-19(8-7-18-6-5-11-24-15-18)17(2)20-9-10-21-14-22(21)13-20/h5-6,9-13,15,21-22H,7-8,14H2,1-4H3/b16-12+,19-17+. The van der Waals surface area contributed by atoms with Crippen LogP contribution in [0.25, 0.3) is 0 Å². The number of pyridine rings is 1. The summed E-state index contributed by atoms with van der Waals surface area (Å²) in [4.78, 5) is 18.2. The molecule has 2 atom stereocenters. The molecule has 1 aromatic rings. The summed E-state index contributed by atoms with van der Waals surface area (Å²) in [5, 5.41) is 0. The van der Waals surface area contributed by atoms with Crippen LogP contribution in [0.4, 0.5) is 0 Å². The van der Waals surface area contributed by atoms with Gasteiger partial charge in [0.1, 0.15) is 0 Å². The highest BCUT2D eigenvalue weighted by Gasteiger charge is 2.35. The lowest BCUT2D eigenvalue weighted by molar-refractivity contribution is -0.124. The van der Waals surface area contributed by atoms with Gasteiger partial charge in [-0.25, -0.2) is 0 Å². The second-order valence-corrected chi connectivity index (χ2v) is 7.58. The minimum absolute atomic E-state index is 0.0621. The first-order valence-electron chi connectivity index (χ1n) is 9.34.